The molecular weight excluding hydrogens is 263 g/mol. The first-order valence-electron chi connectivity index (χ1n) is 5.71. The first kappa shape index (κ1) is 13.6. The summed E-state index contributed by atoms with van der Waals surface area (Å²) in [6.07, 6.45) is 1.29. The van der Waals surface area contributed by atoms with E-state index in [4.69, 9.17) is 0 Å². The van der Waals surface area contributed by atoms with Crippen LogP contribution in [0.25, 0.3) is 0 Å². The number of aromatic amines is 1. The Hall–Kier alpha value is -2.83. The lowest BCUT2D eigenvalue weighted by molar-refractivity contribution is 0.0949. The number of nitrogens with zero attached hydrogens (tertiary/aromatic N) is 2. The molecule has 0 fully saturated rings. The van der Waals surface area contributed by atoms with Crippen LogP contribution in [-0.4, -0.2) is 22.1 Å². The smallest absolute Gasteiger partial charge is 0.310 e. The van der Waals surface area contributed by atoms with E-state index in [2.05, 4.69) is 20.5 Å². The highest BCUT2D eigenvalue weighted by molar-refractivity contribution is 5.93. The molecule has 0 unspecified atom stereocenters. The van der Waals surface area contributed by atoms with E-state index in [0.717, 1.165) is 0 Å². The highest BCUT2D eigenvalue weighted by Gasteiger charge is 2.07. The Labute approximate surface area is 113 Å². The SMILES string of the molecule is Cc1cc(C(=O)N/N=C/c2cccc(F)c2)nc(=O)[nH]1. The summed E-state index contributed by atoms with van der Waals surface area (Å²) in [5.74, 6) is -1.01. The fourth-order valence-corrected chi connectivity index (χ4v) is 1.51. The van der Waals surface area contributed by atoms with E-state index in [1.54, 1.807) is 13.0 Å². The van der Waals surface area contributed by atoms with Gasteiger partial charge >= 0.3 is 5.69 Å². The standard InChI is InChI=1S/C13H11FN4O2/c1-8-5-11(17-13(20)16-8)12(19)18-15-7-9-3-2-4-10(14)6-9/h2-7H,1H3,(H,18,19)(H,16,17,20)/b15-7+. The second-order valence-corrected chi connectivity index (χ2v) is 4.01. The molecule has 102 valence electrons. The number of nitrogens with one attached hydrogen (secondary N) is 2. The number of aryl methyl sites for hydroxylation is 1. The molecule has 1 heterocycles. The Morgan fingerprint density at radius 2 is 2.25 bits per heavy atom. The normalized spacial score (nSPS) is 10.7. The molecule has 1 aromatic carbocycles. The van der Waals surface area contributed by atoms with Crippen LogP contribution in [0.15, 0.2) is 40.2 Å². The predicted octanol–water partition coefficient (Wildman–Crippen LogP) is 0.981. The molecule has 2 N–H and O–H groups in total. The fourth-order valence-electron chi connectivity index (χ4n) is 1.51. The van der Waals surface area contributed by atoms with Crippen molar-refractivity contribution >= 4 is 12.1 Å². The third-order valence-electron chi connectivity index (χ3n) is 2.34. The number of amides is 1. The van der Waals surface area contributed by atoms with Crippen LogP contribution >= 0.6 is 0 Å². The van der Waals surface area contributed by atoms with Crippen molar-refractivity contribution in [2.75, 3.05) is 0 Å². The molecule has 0 bridgehead atoms. The average Bonchev–Trinajstić information content (AvgIpc) is 2.37. The van der Waals surface area contributed by atoms with Gasteiger partial charge in [-0.05, 0) is 30.7 Å². The number of hydrogen-bond donors (Lipinski definition) is 2. The Morgan fingerprint density at radius 3 is 2.95 bits per heavy atom. The molecule has 20 heavy (non-hydrogen) atoms. The minimum Gasteiger partial charge on any atom is -0.310 e. The molecule has 1 amide bonds. The summed E-state index contributed by atoms with van der Waals surface area (Å²) < 4.78 is 12.9. The molecule has 0 aliphatic heterocycles. The van der Waals surface area contributed by atoms with Gasteiger partial charge < -0.3 is 4.98 Å². The molecule has 0 saturated carbocycles. The number of hydrazone groups is 1. The summed E-state index contributed by atoms with van der Waals surface area (Å²) in [4.78, 5) is 28.8. The van der Waals surface area contributed by atoms with Gasteiger partial charge in [0.1, 0.15) is 11.5 Å². The zero-order valence-electron chi connectivity index (χ0n) is 10.6. The van der Waals surface area contributed by atoms with Gasteiger partial charge in [0.05, 0.1) is 6.21 Å². The van der Waals surface area contributed by atoms with E-state index < -0.39 is 17.4 Å². The molecule has 0 aliphatic rings. The number of aromatic nitrogens is 2. The summed E-state index contributed by atoms with van der Waals surface area (Å²) in [7, 11) is 0. The summed E-state index contributed by atoms with van der Waals surface area (Å²) in [6.45, 7) is 1.63. The van der Waals surface area contributed by atoms with Gasteiger partial charge in [-0.3, -0.25) is 4.79 Å². The lowest BCUT2D eigenvalue weighted by Crippen LogP contribution is -2.24. The Balaban J connectivity index is 2.07. The fraction of sp³-hybridized carbons (Fsp3) is 0.0769. The molecule has 0 atom stereocenters. The third-order valence-corrected chi connectivity index (χ3v) is 2.34. The second-order valence-electron chi connectivity index (χ2n) is 4.01. The molecule has 2 rings (SSSR count). The highest BCUT2D eigenvalue weighted by Crippen LogP contribution is 2.00. The van der Waals surface area contributed by atoms with Crippen LogP contribution in [0.4, 0.5) is 4.39 Å². The number of benzene rings is 1. The molecule has 0 saturated heterocycles. The number of carbonyl (C=O) groups is 1. The summed E-state index contributed by atoms with van der Waals surface area (Å²) in [5, 5.41) is 3.67. The van der Waals surface area contributed by atoms with Gasteiger partial charge in [-0.15, -0.1) is 0 Å². The molecule has 6 nitrogen and oxygen atoms in total. The highest BCUT2D eigenvalue weighted by atomic mass is 19.1. The third kappa shape index (κ3) is 3.58. The van der Waals surface area contributed by atoms with Crippen molar-refractivity contribution in [3.8, 4) is 0 Å². The largest absolute Gasteiger partial charge is 0.345 e. The number of hydrogen-bond acceptors (Lipinski definition) is 4. The van der Waals surface area contributed by atoms with E-state index >= 15 is 0 Å². The van der Waals surface area contributed by atoms with Crippen LogP contribution in [0.1, 0.15) is 21.7 Å². The van der Waals surface area contributed by atoms with Gasteiger partial charge in [-0.25, -0.2) is 14.6 Å². The van der Waals surface area contributed by atoms with Crippen LogP contribution < -0.4 is 11.1 Å². The van der Waals surface area contributed by atoms with Crippen molar-refractivity contribution < 1.29 is 9.18 Å². The van der Waals surface area contributed by atoms with Crippen LogP contribution in [0.3, 0.4) is 0 Å². The number of H-pyrrole nitrogens is 1. The Bertz CT molecular complexity index is 724. The molecule has 1 aromatic heterocycles. The number of rotatable bonds is 3. The van der Waals surface area contributed by atoms with Crippen LogP contribution in [-0.2, 0) is 0 Å². The van der Waals surface area contributed by atoms with Crippen LogP contribution in [0, 0.1) is 12.7 Å². The molecule has 7 heteroatoms. The zero-order valence-corrected chi connectivity index (χ0v) is 10.6. The van der Waals surface area contributed by atoms with Crippen molar-refractivity contribution in [1.29, 1.82) is 0 Å². The van der Waals surface area contributed by atoms with E-state index in [1.165, 1.54) is 30.5 Å². The topological polar surface area (TPSA) is 87.2 Å². The quantitative estimate of drug-likeness (QED) is 0.646. The molecule has 0 radical (unpaired) electrons. The second kappa shape index (κ2) is 5.87. The minimum absolute atomic E-state index is 0.0392. The van der Waals surface area contributed by atoms with Gasteiger partial charge in [0.15, 0.2) is 0 Å². The van der Waals surface area contributed by atoms with E-state index in [1.807, 2.05) is 0 Å². The van der Waals surface area contributed by atoms with Crippen molar-refractivity contribution in [2.45, 2.75) is 6.92 Å². The number of halogens is 1. The summed E-state index contributed by atoms with van der Waals surface area (Å²) in [6, 6.07) is 7.16. The van der Waals surface area contributed by atoms with Crippen molar-refractivity contribution in [1.82, 2.24) is 15.4 Å². The van der Waals surface area contributed by atoms with Crippen LogP contribution in [0.2, 0.25) is 0 Å². The summed E-state index contributed by atoms with van der Waals surface area (Å²) >= 11 is 0. The maximum absolute atomic E-state index is 12.9. The molecule has 0 spiro atoms. The number of carbonyl (C=O) groups excluding carboxylic acids is 1. The van der Waals surface area contributed by atoms with Gasteiger partial charge in [0, 0.05) is 5.69 Å². The monoisotopic (exact) mass is 274 g/mol. The van der Waals surface area contributed by atoms with Crippen LogP contribution in [0.5, 0.6) is 0 Å². The lowest BCUT2D eigenvalue weighted by atomic mass is 10.2. The maximum Gasteiger partial charge on any atom is 0.345 e. The lowest BCUT2D eigenvalue weighted by Gasteiger charge is -1.99. The van der Waals surface area contributed by atoms with Gasteiger partial charge in [0.25, 0.3) is 5.91 Å². The van der Waals surface area contributed by atoms with Gasteiger partial charge in [0.2, 0.25) is 0 Å². The van der Waals surface area contributed by atoms with Crippen molar-refractivity contribution in [2.24, 2.45) is 5.10 Å². The summed E-state index contributed by atoms with van der Waals surface area (Å²) in [5.41, 5.74) is 2.59. The Morgan fingerprint density at radius 1 is 1.45 bits per heavy atom. The van der Waals surface area contributed by atoms with E-state index in [0.29, 0.717) is 11.3 Å². The van der Waals surface area contributed by atoms with Gasteiger partial charge in [-0.1, -0.05) is 12.1 Å². The molecule has 2 aromatic rings. The Kier molecular flexibility index (Phi) is 3.99. The zero-order chi connectivity index (χ0) is 14.5. The predicted molar refractivity (Wildman–Crippen MR) is 71.1 cm³/mol. The van der Waals surface area contributed by atoms with Crippen molar-refractivity contribution in [3.63, 3.8) is 0 Å². The average molecular weight is 274 g/mol. The first-order valence-corrected chi connectivity index (χ1v) is 5.71. The molecule has 0 aliphatic carbocycles. The maximum atomic E-state index is 12.9. The first-order chi connectivity index (χ1) is 9.54. The molecular formula is C13H11FN4O2. The minimum atomic E-state index is -0.619. The van der Waals surface area contributed by atoms with Crippen molar-refractivity contribution in [3.05, 3.63) is 63.6 Å². The van der Waals surface area contributed by atoms with Gasteiger partial charge in [-0.2, -0.15) is 10.1 Å². The van der Waals surface area contributed by atoms with E-state index in [9.17, 15) is 14.0 Å². The van der Waals surface area contributed by atoms with E-state index in [-0.39, 0.29) is 5.69 Å².